The molecule has 0 saturated heterocycles. The van der Waals surface area contributed by atoms with Crippen molar-refractivity contribution in [1.29, 1.82) is 0 Å². The van der Waals surface area contributed by atoms with Crippen molar-refractivity contribution in [1.82, 2.24) is 0 Å². The third-order valence-electron chi connectivity index (χ3n) is 2.82. The molecule has 0 aromatic heterocycles. The molecule has 3 atom stereocenters. The normalized spacial score (nSPS) is 15.4. The molecule has 112 valence electrons. The van der Waals surface area contributed by atoms with Crippen LogP contribution < -0.4 is 4.46 Å². The van der Waals surface area contributed by atoms with Crippen molar-refractivity contribution in [3.63, 3.8) is 0 Å². The second kappa shape index (κ2) is 9.14. The molecule has 20 heavy (non-hydrogen) atoms. The van der Waals surface area contributed by atoms with E-state index in [-0.39, 0.29) is 21.6 Å². The molecule has 1 aromatic rings. The van der Waals surface area contributed by atoms with Gasteiger partial charge >= 0.3 is 126 Å². The Morgan fingerprint density at radius 2 is 1.90 bits per heavy atom. The quantitative estimate of drug-likeness (QED) is 0.543. The SMILES string of the molecule is CCC[C@H](O)[C@H]([Se]c1ccccc1)[C@H](O)C(=O)OCC. The van der Waals surface area contributed by atoms with Crippen LogP contribution in [0.25, 0.3) is 0 Å². The summed E-state index contributed by atoms with van der Waals surface area (Å²) in [7, 11) is 0. The van der Waals surface area contributed by atoms with Crippen LogP contribution in [-0.2, 0) is 9.53 Å². The summed E-state index contributed by atoms with van der Waals surface area (Å²) in [5, 5.41) is 20.4. The van der Waals surface area contributed by atoms with Gasteiger partial charge in [-0.2, -0.15) is 0 Å². The summed E-state index contributed by atoms with van der Waals surface area (Å²) in [5.41, 5.74) is 0. The van der Waals surface area contributed by atoms with Gasteiger partial charge in [0.15, 0.2) is 0 Å². The molecule has 1 rings (SSSR count). The minimum absolute atomic E-state index is 0.192. The summed E-state index contributed by atoms with van der Waals surface area (Å²) in [6.07, 6.45) is -0.593. The van der Waals surface area contributed by atoms with E-state index in [1.54, 1.807) is 6.92 Å². The fourth-order valence-electron chi connectivity index (χ4n) is 1.83. The molecule has 1 aromatic carbocycles. The molecule has 0 aliphatic carbocycles. The number of ether oxygens (including phenoxy) is 1. The van der Waals surface area contributed by atoms with Crippen LogP contribution in [0.1, 0.15) is 26.7 Å². The first-order chi connectivity index (χ1) is 9.60. The van der Waals surface area contributed by atoms with Crippen LogP contribution in [0.15, 0.2) is 30.3 Å². The van der Waals surface area contributed by atoms with Gasteiger partial charge in [-0.3, -0.25) is 0 Å². The van der Waals surface area contributed by atoms with Gasteiger partial charge in [0.2, 0.25) is 0 Å². The van der Waals surface area contributed by atoms with E-state index in [1.807, 2.05) is 37.3 Å². The van der Waals surface area contributed by atoms with Gasteiger partial charge in [-0.1, -0.05) is 0 Å². The zero-order valence-corrected chi connectivity index (χ0v) is 13.6. The maximum atomic E-state index is 11.7. The zero-order chi connectivity index (χ0) is 15.0. The van der Waals surface area contributed by atoms with Crippen LogP contribution in [0.4, 0.5) is 0 Å². The van der Waals surface area contributed by atoms with E-state index >= 15 is 0 Å². The van der Waals surface area contributed by atoms with Crippen LogP contribution in [0.3, 0.4) is 0 Å². The molecule has 4 nitrogen and oxygen atoms in total. The number of hydrogen-bond donors (Lipinski definition) is 2. The van der Waals surface area contributed by atoms with Gasteiger partial charge < -0.3 is 0 Å². The van der Waals surface area contributed by atoms with E-state index < -0.39 is 23.0 Å². The number of aliphatic hydroxyl groups is 2. The summed E-state index contributed by atoms with van der Waals surface area (Å²) in [4.78, 5) is 11.2. The summed E-state index contributed by atoms with van der Waals surface area (Å²) in [6.45, 7) is 3.89. The average Bonchev–Trinajstić information content (AvgIpc) is 2.45. The Bertz CT molecular complexity index is 396. The second-order valence-electron chi connectivity index (χ2n) is 4.45. The Balaban J connectivity index is 2.81. The van der Waals surface area contributed by atoms with Crippen molar-refractivity contribution in [2.24, 2.45) is 0 Å². The van der Waals surface area contributed by atoms with E-state index in [4.69, 9.17) is 4.74 Å². The molecule has 0 aliphatic heterocycles. The first-order valence-corrected chi connectivity index (χ1v) is 8.69. The third-order valence-corrected chi connectivity index (χ3v) is 5.73. The molecule has 0 saturated carbocycles. The molecule has 0 fully saturated rings. The first kappa shape index (κ1) is 17.2. The predicted molar refractivity (Wildman–Crippen MR) is 79.1 cm³/mol. The Morgan fingerprint density at radius 1 is 1.25 bits per heavy atom. The van der Waals surface area contributed by atoms with Crippen molar-refractivity contribution in [3.05, 3.63) is 30.3 Å². The molecular weight excluding hydrogens is 323 g/mol. The third kappa shape index (κ3) is 5.25. The van der Waals surface area contributed by atoms with E-state index in [0.29, 0.717) is 6.42 Å². The number of carbonyl (C=O) groups excluding carboxylic acids is 1. The number of carbonyl (C=O) groups is 1. The Labute approximate surface area is 126 Å². The summed E-state index contributed by atoms with van der Waals surface area (Å²) in [6, 6.07) is 9.64. The number of rotatable bonds is 8. The van der Waals surface area contributed by atoms with Crippen LogP contribution in [0.2, 0.25) is 4.82 Å². The second-order valence-corrected chi connectivity index (χ2v) is 7.07. The predicted octanol–water partition coefficient (Wildman–Crippen LogP) is 0.890. The number of hydrogen-bond acceptors (Lipinski definition) is 4. The molecular formula is C15H22O4Se. The number of esters is 1. The maximum absolute atomic E-state index is 11.7. The molecule has 2 N–H and O–H groups in total. The molecule has 0 heterocycles. The molecule has 0 unspecified atom stereocenters. The van der Waals surface area contributed by atoms with Gasteiger partial charge in [0, 0.05) is 0 Å². The zero-order valence-electron chi connectivity index (χ0n) is 11.9. The molecule has 0 spiro atoms. The standard InChI is InChI=1S/C15H22O4Se/c1-3-8-12(16)14(13(17)15(18)19-4-2)20-11-9-6-5-7-10-11/h5-7,9-10,12-14,16-17H,3-4,8H2,1-2H3/t12-,13-,14-/m0/s1. The van der Waals surface area contributed by atoms with Crippen LogP contribution in [-0.4, -0.2) is 50.0 Å². The molecule has 0 amide bonds. The van der Waals surface area contributed by atoms with Crippen molar-refractivity contribution in [2.75, 3.05) is 6.61 Å². The Hall–Kier alpha value is -0.871. The average molecular weight is 345 g/mol. The summed E-state index contributed by atoms with van der Waals surface area (Å²) in [5.74, 6) is -0.648. The van der Waals surface area contributed by atoms with Gasteiger partial charge in [-0.05, 0) is 0 Å². The number of benzene rings is 1. The molecule has 0 bridgehead atoms. The van der Waals surface area contributed by atoms with Gasteiger partial charge in [0.1, 0.15) is 0 Å². The van der Waals surface area contributed by atoms with Crippen LogP contribution in [0, 0.1) is 0 Å². The molecule has 0 radical (unpaired) electrons. The Kier molecular flexibility index (Phi) is 7.85. The van der Waals surface area contributed by atoms with Crippen molar-refractivity contribution in [2.45, 2.75) is 43.7 Å². The summed E-state index contributed by atoms with van der Waals surface area (Å²) < 4.78 is 5.91. The molecule has 0 aliphatic rings. The van der Waals surface area contributed by atoms with Crippen LogP contribution in [0.5, 0.6) is 0 Å². The number of aliphatic hydroxyl groups excluding tert-OH is 2. The fourth-order valence-corrected chi connectivity index (χ4v) is 4.27. The van der Waals surface area contributed by atoms with Gasteiger partial charge in [0.25, 0.3) is 0 Å². The van der Waals surface area contributed by atoms with Gasteiger partial charge in [-0.15, -0.1) is 0 Å². The van der Waals surface area contributed by atoms with Crippen LogP contribution >= 0.6 is 0 Å². The Morgan fingerprint density at radius 3 is 2.45 bits per heavy atom. The van der Waals surface area contributed by atoms with E-state index in [1.165, 1.54) is 0 Å². The topological polar surface area (TPSA) is 66.8 Å². The first-order valence-electron chi connectivity index (χ1n) is 6.84. The van der Waals surface area contributed by atoms with E-state index in [2.05, 4.69) is 0 Å². The fraction of sp³-hybridized carbons (Fsp3) is 0.533. The van der Waals surface area contributed by atoms with Gasteiger partial charge in [0.05, 0.1) is 0 Å². The van der Waals surface area contributed by atoms with Crippen molar-refractivity contribution >= 4 is 25.4 Å². The molecule has 5 heteroatoms. The van der Waals surface area contributed by atoms with Gasteiger partial charge in [-0.25, -0.2) is 0 Å². The van der Waals surface area contributed by atoms with Crippen molar-refractivity contribution in [3.8, 4) is 0 Å². The summed E-state index contributed by atoms with van der Waals surface area (Å²) >= 11 is -0.192. The monoisotopic (exact) mass is 346 g/mol. The van der Waals surface area contributed by atoms with E-state index in [9.17, 15) is 15.0 Å². The minimum atomic E-state index is -1.27. The van der Waals surface area contributed by atoms with E-state index in [0.717, 1.165) is 10.9 Å². The van der Waals surface area contributed by atoms with Crippen molar-refractivity contribution < 1.29 is 19.7 Å².